The van der Waals surface area contributed by atoms with E-state index in [2.05, 4.69) is 19.6 Å². The molecule has 32 heavy (non-hydrogen) atoms. The van der Waals surface area contributed by atoms with Gasteiger partial charge in [-0.2, -0.15) is 0 Å². The molecule has 0 atom stereocenters. The second-order valence-corrected chi connectivity index (χ2v) is 9.82. The van der Waals surface area contributed by atoms with Crippen LogP contribution >= 0.6 is 23.1 Å². The topological polar surface area (TPSA) is 114 Å². The van der Waals surface area contributed by atoms with Gasteiger partial charge in [-0.15, -0.1) is 5.10 Å². The fraction of sp³-hybridized carbons (Fsp3) is 0.250. The van der Waals surface area contributed by atoms with Gasteiger partial charge >= 0.3 is 0 Å². The number of morpholine rings is 1. The Morgan fingerprint density at radius 1 is 1.19 bits per heavy atom. The van der Waals surface area contributed by atoms with Gasteiger partial charge in [0.25, 0.3) is 15.9 Å². The van der Waals surface area contributed by atoms with Gasteiger partial charge in [-0.25, -0.2) is 8.42 Å². The average molecular weight is 494 g/mol. The van der Waals surface area contributed by atoms with Crippen LogP contribution in [0.2, 0.25) is 5.02 Å². The van der Waals surface area contributed by atoms with Gasteiger partial charge < -0.3 is 15.0 Å². The average Bonchev–Trinajstić information content (AvgIpc) is 3.22. The number of rotatable bonds is 6. The third kappa shape index (κ3) is 4.85. The van der Waals surface area contributed by atoms with Crippen molar-refractivity contribution < 1.29 is 17.9 Å². The van der Waals surface area contributed by atoms with Gasteiger partial charge in [-0.05, 0) is 48.8 Å². The van der Waals surface area contributed by atoms with Crippen LogP contribution < -0.4 is 14.9 Å². The number of sulfonamides is 1. The normalized spacial score (nSPS) is 14.2. The van der Waals surface area contributed by atoms with Crippen LogP contribution in [0.4, 0.5) is 17.1 Å². The Labute approximate surface area is 194 Å². The SMILES string of the molecule is Cc1nnsc1C(=O)Nc1ccc(N2CCOCC2)c(S(=O)(=O)Nc2ccccc2Cl)c1. The van der Waals surface area contributed by atoms with Crippen LogP contribution in [0.3, 0.4) is 0 Å². The van der Waals surface area contributed by atoms with Crippen LogP contribution in [0.1, 0.15) is 15.4 Å². The number of para-hydroxylation sites is 1. The Kier molecular flexibility index (Phi) is 6.60. The molecule has 9 nitrogen and oxygen atoms in total. The van der Waals surface area contributed by atoms with Crippen LogP contribution in [0.25, 0.3) is 0 Å². The van der Waals surface area contributed by atoms with E-state index in [-0.39, 0.29) is 15.6 Å². The Morgan fingerprint density at radius 3 is 2.62 bits per heavy atom. The third-order valence-electron chi connectivity index (χ3n) is 4.83. The minimum Gasteiger partial charge on any atom is -0.378 e. The molecule has 1 aromatic heterocycles. The number of nitrogens with one attached hydrogen (secondary N) is 2. The van der Waals surface area contributed by atoms with Crippen LogP contribution in [-0.4, -0.2) is 50.2 Å². The van der Waals surface area contributed by atoms with Gasteiger partial charge in [-0.3, -0.25) is 9.52 Å². The first-order chi connectivity index (χ1) is 15.3. The van der Waals surface area contributed by atoms with Crippen molar-refractivity contribution in [3.05, 3.63) is 58.1 Å². The summed E-state index contributed by atoms with van der Waals surface area (Å²) in [6.45, 7) is 3.77. The van der Waals surface area contributed by atoms with E-state index in [1.807, 2.05) is 4.90 Å². The Morgan fingerprint density at radius 2 is 1.94 bits per heavy atom. The summed E-state index contributed by atoms with van der Waals surface area (Å²) in [5.41, 5.74) is 1.62. The zero-order valence-corrected chi connectivity index (χ0v) is 19.4. The third-order valence-corrected chi connectivity index (χ3v) is 7.39. The molecular weight excluding hydrogens is 474 g/mol. The Hall–Kier alpha value is -2.73. The van der Waals surface area contributed by atoms with E-state index >= 15 is 0 Å². The molecule has 0 aliphatic carbocycles. The van der Waals surface area contributed by atoms with Crippen molar-refractivity contribution in [2.75, 3.05) is 41.2 Å². The van der Waals surface area contributed by atoms with Crippen LogP contribution in [0.5, 0.6) is 0 Å². The molecule has 2 N–H and O–H groups in total. The number of benzene rings is 2. The van der Waals surface area contributed by atoms with Gasteiger partial charge in [0, 0.05) is 18.8 Å². The largest absolute Gasteiger partial charge is 0.378 e. The van der Waals surface area contributed by atoms with Crippen molar-refractivity contribution in [2.24, 2.45) is 0 Å². The van der Waals surface area contributed by atoms with Gasteiger partial charge in [0.05, 0.1) is 35.3 Å². The zero-order valence-electron chi connectivity index (χ0n) is 17.0. The molecule has 2 aromatic carbocycles. The number of carbonyl (C=O) groups is 1. The van der Waals surface area contributed by atoms with Gasteiger partial charge in [0.15, 0.2) is 0 Å². The van der Waals surface area contributed by atoms with E-state index in [0.717, 1.165) is 11.5 Å². The van der Waals surface area contributed by atoms with Crippen LogP contribution in [0.15, 0.2) is 47.4 Å². The van der Waals surface area contributed by atoms with E-state index in [9.17, 15) is 13.2 Å². The van der Waals surface area contributed by atoms with Crippen LogP contribution in [0, 0.1) is 6.92 Å². The predicted octanol–water partition coefficient (Wildman–Crippen LogP) is 3.39. The lowest BCUT2D eigenvalue weighted by molar-refractivity contribution is 0.102. The minimum absolute atomic E-state index is 0.0243. The van der Waals surface area contributed by atoms with E-state index in [1.165, 1.54) is 6.07 Å². The molecule has 1 aliphatic rings. The highest BCUT2D eigenvalue weighted by Crippen LogP contribution is 2.32. The number of hydrogen-bond donors (Lipinski definition) is 2. The first-order valence-corrected chi connectivity index (χ1v) is 12.3. The first kappa shape index (κ1) is 22.5. The summed E-state index contributed by atoms with van der Waals surface area (Å²) in [7, 11) is -4.03. The molecule has 168 valence electrons. The molecule has 1 saturated heterocycles. The maximum atomic E-state index is 13.4. The molecule has 12 heteroatoms. The molecule has 0 radical (unpaired) electrons. The molecule has 1 aliphatic heterocycles. The van der Waals surface area contributed by atoms with Crippen molar-refractivity contribution in [1.82, 2.24) is 9.59 Å². The molecule has 4 rings (SSSR count). The molecular formula is C20H20ClN5O4S2. The number of nitrogens with zero attached hydrogens (tertiary/aromatic N) is 3. The lowest BCUT2D eigenvalue weighted by Crippen LogP contribution is -2.37. The summed E-state index contributed by atoms with van der Waals surface area (Å²) in [6.07, 6.45) is 0. The number of hydrogen-bond acceptors (Lipinski definition) is 8. The maximum Gasteiger partial charge on any atom is 0.269 e. The number of halogens is 1. The van der Waals surface area contributed by atoms with E-state index < -0.39 is 15.9 Å². The molecule has 0 bridgehead atoms. The number of ether oxygens (including phenoxy) is 1. The quantitative estimate of drug-likeness (QED) is 0.541. The highest BCUT2D eigenvalue weighted by Gasteiger charge is 2.25. The van der Waals surface area contributed by atoms with Crippen LogP contribution in [-0.2, 0) is 14.8 Å². The van der Waals surface area contributed by atoms with Crippen molar-refractivity contribution in [3.8, 4) is 0 Å². The highest BCUT2D eigenvalue weighted by molar-refractivity contribution is 7.93. The molecule has 1 fully saturated rings. The number of carbonyl (C=O) groups excluding carboxylic acids is 1. The lowest BCUT2D eigenvalue weighted by atomic mass is 10.2. The molecule has 1 amide bonds. The number of anilines is 3. The second-order valence-electron chi connectivity index (χ2n) is 7.01. The van der Waals surface area contributed by atoms with Gasteiger partial charge in [0.2, 0.25) is 0 Å². The highest BCUT2D eigenvalue weighted by atomic mass is 35.5. The van der Waals surface area contributed by atoms with Crippen molar-refractivity contribution in [3.63, 3.8) is 0 Å². The smallest absolute Gasteiger partial charge is 0.269 e. The number of amides is 1. The van der Waals surface area contributed by atoms with Crippen molar-refractivity contribution in [1.29, 1.82) is 0 Å². The predicted molar refractivity (Wildman–Crippen MR) is 124 cm³/mol. The van der Waals surface area contributed by atoms with Crippen molar-refractivity contribution >= 4 is 56.1 Å². The minimum atomic E-state index is -4.03. The standard InChI is InChI=1S/C20H20ClN5O4S2/c1-13-19(31-25-23-13)20(27)22-14-6-7-17(26-8-10-30-11-9-26)18(12-14)32(28,29)24-16-5-3-2-4-15(16)21/h2-7,12,24H,8-11H2,1H3,(H,22,27). The molecule has 0 saturated carbocycles. The van der Waals surface area contributed by atoms with E-state index in [0.29, 0.717) is 48.2 Å². The summed E-state index contributed by atoms with van der Waals surface area (Å²) >= 11 is 7.13. The lowest BCUT2D eigenvalue weighted by Gasteiger charge is -2.30. The second kappa shape index (κ2) is 9.41. The Bertz CT molecular complexity index is 1240. The fourth-order valence-electron chi connectivity index (χ4n) is 3.24. The molecule has 3 aromatic rings. The number of aryl methyl sites for hydroxylation is 1. The summed E-state index contributed by atoms with van der Waals surface area (Å²) in [5.74, 6) is -0.404. The van der Waals surface area contributed by atoms with Gasteiger partial charge in [0.1, 0.15) is 9.77 Å². The summed E-state index contributed by atoms with van der Waals surface area (Å²) in [5, 5.41) is 6.85. The fourth-order valence-corrected chi connectivity index (χ4v) is 5.37. The summed E-state index contributed by atoms with van der Waals surface area (Å²) in [6, 6.07) is 11.4. The monoisotopic (exact) mass is 493 g/mol. The zero-order chi connectivity index (χ0) is 22.7. The first-order valence-electron chi connectivity index (χ1n) is 9.69. The summed E-state index contributed by atoms with van der Waals surface area (Å²) < 4.78 is 38.5. The number of aromatic nitrogens is 2. The summed E-state index contributed by atoms with van der Waals surface area (Å²) in [4.78, 5) is 14.9. The van der Waals surface area contributed by atoms with E-state index in [4.69, 9.17) is 16.3 Å². The van der Waals surface area contributed by atoms with E-state index in [1.54, 1.807) is 43.3 Å². The molecule has 2 heterocycles. The van der Waals surface area contributed by atoms with Gasteiger partial charge in [-0.1, -0.05) is 28.2 Å². The Balaban J connectivity index is 1.71. The molecule has 0 unspecified atom stereocenters. The maximum absolute atomic E-state index is 13.4. The molecule has 0 spiro atoms. The van der Waals surface area contributed by atoms with Crippen molar-refractivity contribution in [2.45, 2.75) is 11.8 Å².